The van der Waals surface area contributed by atoms with Crippen molar-refractivity contribution in [3.63, 3.8) is 0 Å². The van der Waals surface area contributed by atoms with E-state index in [0.29, 0.717) is 30.7 Å². The van der Waals surface area contributed by atoms with Crippen LogP contribution in [0.4, 0.5) is 0 Å². The molecule has 5 nitrogen and oxygen atoms in total. The highest BCUT2D eigenvalue weighted by molar-refractivity contribution is 6.46. The Morgan fingerprint density at radius 3 is 2.76 bits per heavy atom. The van der Waals surface area contributed by atoms with Gasteiger partial charge in [0.25, 0.3) is 0 Å². The van der Waals surface area contributed by atoms with Crippen molar-refractivity contribution in [1.82, 2.24) is 4.98 Å². The van der Waals surface area contributed by atoms with Crippen molar-refractivity contribution in [2.75, 3.05) is 7.05 Å². The van der Waals surface area contributed by atoms with Crippen LogP contribution in [-0.2, 0) is 11.2 Å². The number of nitriles is 1. The maximum absolute atomic E-state index is 12.4. The summed E-state index contributed by atoms with van der Waals surface area (Å²) in [5.74, 6) is -0.125. The van der Waals surface area contributed by atoms with Crippen LogP contribution < -0.4 is 0 Å². The number of pyridine rings is 1. The molecule has 132 valence electrons. The fourth-order valence-electron chi connectivity index (χ4n) is 2.65. The lowest BCUT2D eigenvalue weighted by molar-refractivity contribution is -0.113. The van der Waals surface area contributed by atoms with E-state index in [1.165, 1.54) is 0 Å². The fourth-order valence-corrected chi connectivity index (χ4v) is 2.65. The molecule has 0 saturated carbocycles. The normalized spacial score (nSPS) is 11.9. The molecule has 0 radical (unpaired) electrons. The van der Waals surface area contributed by atoms with E-state index in [4.69, 9.17) is 5.26 Å². The number of rotatable bonds is 10. The van der Waals surface area contributed by atoms with E-state index in [1.54, 1.807) is 19.3 Å². The van der Waals surface area contributed by atoms with Crippen molar-refractivity contribution in [3.8, 4) is 6.07 Å². The van der Waals surface area contributed by atoms with Gasteiger partial charge in [0, 0.05) is 32.5 Å². The van der Waals surface area contributed by atoms with Crippen LogP contribution in [0.15, 0.2) is 35.0 Å². The van der Waals surface area contributed by atoms with Crippen LogP contribution in [0.25, 0.3) is 0 Å². The summed E-state index contributed by atoms with van der Waals surface area (Å²) in [5.41, 5.74) is 2.57. The molecule has 0 fully saturated rings. The predicted octanol–water partition coefficient (Wildman–Crippen LogP) is 3.89. The van der Waals surface area contributed by atoms with Crippen LogP contribution in [0.1, 0.15) is 62.0 Å². The van der Waals surface area contributed by atoms with Crippen molar-refractivity contribution in [3.05, 3.63) is 41.2 Å². The number of ketones is 2. The maximum atomic E-state index is 12.4. The minimum Gasteiger partial charge on any atom is -0.292 e. The van der Waals surface area contributed by atoms with Gasteiger partial charge < -0.3 is 0 Å². The molecule has 0 atom stereocenters. The van der Waals surface area contributed by atoms with E-state index in [9.17, 15) is 9.59 Å². The minimum absolute atomic E-state index is 0.0387. The SMILES string of the molecule is CC/C=C(/C)C(=NC)C(=O)CCCC(=O)c1ncccc1CCC#N. The van der Waals surface area contributed by atoms with Gasteiger partial charge in [-0.3, -0.25) is 19.6 Å². The first kappa shape index (κ1) is 20.4. The quantitative estimate of drug-likeness (QED) is 0.478. The number of aliphatic imine (C=N–C) groups is 1. The molecule has 0 saturated heterocycles. The van der Waals surface area contributed by atoms with Gasteiger partial charge in [-0.15, -0.1) is 0 Å². The second kappa shape index (κ2) is 11.0. The monoisotopic (exact) mass is 339 g/mol. The Morgan fingerprint density at radius 2 is 2.12 bits per heavy atom. The Balaban J connectivity index is 2.65. The zero-order valence-electron chi connectivity index (χ0n) is 15.2. The third-order valence-electron chi connectivity index (χ3n) is 3.84. The van der Waals surface area contributed by atoms with Crippen molar-refractivity contribution in [1.29, 1.82) is 5.26 Å². The summed E-state index contributed by atoms with van der Waals surface area (Å²) in [5, 5.41) is 8.71. The molecule has 0 aromatic carbocycles. The summed E-state index contributed by atoms with van der Waals surface area (Å²) in [6.07, 6.45) is 6.27. The number of hydrogen-bond donors (Lipinski definition) is 0. The number of Topliss-reactive ketones (excluding diaryl/α,β-unsaturated/α-hetero) is 2. The molecule has 1 aromatic rings. The number of allylic oxidation sites excluding steroid dienone is 2. The molecule has 0 aliphatic rings. The van der Waals surface area contributed by atoms with E-state index in [0.717, 1.165) is 17.6 Å². The molecule has 1 rings (SSSR count). The van der Waals surface area contributed by atoms with Crippen LogP contribution in [0.5, 0.6) is 0 Å². The largest absolute Gasteiger partial charge is 0.292 e. The van der Waals surface area contributed by atoms with Crippen LogP contribution in [0.3, 0.4) is 0 Å². The Bertz CT molecular complexity index is 712. The standard InChI is InChI=1S/C20H25N3O2/c1-4-8-15(2)19(22-3)17(24)11-5-12-18(25)20-16(9-6-13-21)10-7-14-23-20/h7-8,10,14H,4-6,9,11-12H2,1-3H3/b15-8-,22-19?. The maximum Gasteiger partial charge on any atom is 0.181 e. The van der Waals surface area contributed by atoms with E-state index in [-0.39, 0.29) is 24.4 Å². The molecule has 0 amide bonds. The lowest BCUT2D eigenvalue weighted by Gasteiger charge is -2.07. The van der Waals surface area contributed by atoms with Crippen molar-refractivity contribution in [2.45, 2.75) is 52.4 Å². The number of aryl methyl sites for hydroxylation is 1. The topological polar surface area (TPSA) is 83.2 Å². The number of hydrogen-bond acceptors (Lipinski definition) is 5. The zero-order chi connectivity index (χ0) is 18.7. The minimum atomic E-state index is -0.0860. The Kier molecular flexibility index (Phi) is 9.02. The van der Waals surface area contributed by atoms with Crippen LogP contribution in [0.2, 0.25) is 0 Å². The van der Waals surface area contributed by atoms with Gasteiger partial charge in [-0.1, -0.05) is 19.1 Å². The lowest BCUT2D eigenvalue weighted by Crippen LogP contribution is -2.16. The Hall–Kier alpha value is -2.61. The highest BCUT2D eigenvalue weighted by atomic mass is 16.1. The van der Waals surface area contributed by atoms with Gasteiger partial charge >= 0.3 is 0 Å². The van der Waals surface area contributed by atoms with Crippen molar-refractivity contribution < 1.29 is 9.59 Å². The lowest BCUT2D eigenvalue weighted by atomic mass is 9.99. The summed E-state index contributed by atoms with van der Waals surface area (Å²) >= 11 is 0. The fraction of sp³-hybridized carbons (Fsp3) is 0.450. The second-order valence-electron chi connectivity index (χ2n) is 5.74. The second-order valence-corrected chi connectivity index (χ2v) is 5.74. The van der Waals surface area contributed by atoms with Gasteiger partial charge in [-0.2, -0.15) is 5.26 Å². The highest BCUT2D eigenvalue weighted by Crippen LogP contribution is 2.13. The average Bonchev–Trinajstić information content (AvgIpc) is 2.61. The molecule has 25 heavy (non-hydrogen) atoms. The van der Waals surface area contributed by atoms with Gasteiger partial charge in [0.15, 0.2) is 11.6 Å². The molecule has 0 bridgehead atoms. The molecular formula is C20H25N3O2. The number of carbonyl (C=O) groups is 2. The Morgan fingerprint density at radius 1 is 1.36 bits per heavy atom. The first-order valence-electron chi connectivity index (χ1n) is 8.56. The van der Waals surface area contributed by atoms with Crippen molar-refractivity contribution in [2.24, 2.45) is 4.99 Å². The molecule has 0 spiro atoms. The number of aromatic nitrogens is 1. The molecule has 0 N–H and O–H groups in total. The molecule has 0 aliphatic heterocycles. The van der Waals surface area contributed by atoms with Gasteiger partial charge in [-0.25, -0.2) is 0 Å². The summed E-state index contributed by atoms with van der Waals surface area (Å²) in [7, 11) is 1.61. The van der Waals surface area contributed by atoms with E-state index in [1.807, 2.05) is 26.0 Å². The summed E-state index contributed by atoms with van der Waals surface area (Å²) < 4.78 is 0. The van der Waals surface area contributed by atoms with Gasteiger partial charge in [0.1, 0.15) is 11.4 Å². The molecule has 0 unspecified atom stereocenters. The van der Waals surface area contributed by atoms with Crippen LogP contribution >= 0.6 is 0 Å². The third-order valence-corrected chi connectivity index (χ3v) is 3.84. The third kappa shape index (κ3) is 6.42. The summed E-state index contributed by atoms with van der Waals surface area (Å²) in [6, 6.07) is 5.66. The predicted molar refractivity (Wildman–Crippen MR) is 98.8 cm³/mol. The number of nitrogens with zero attached hydrogens (tertiary/aromatic N) is 3. The summed E-state index contributed by atoms with van der Waals surface area (Å²) in [6.45, 7) is 3.89. The number of carbonyl (C=O) groups excluding carboxylic acids is 2. The summed E-state index contributed by atoms with van der Waals surface area (Å²) in [4.78, 5) is 32.9. The average molecular weight is 339 g/mol. The van der Waals surface area contributed by atoms with Crippen LogP contribution in [-0.4, -0.2) is 29.3 Å². The molecule has 1 heterocycles. The zero-order valence-corrected chi connectivity index (χ0v) is 15.2. The molecule has 5 heteroatoms. The van der Waals surface area contributed by atoms with E-state index in [2.05, 4.69) is 16.0 Å². The highest BCUT2D eigenvalue weighted by Gasteiger charge is 2.16. The van der Waals surface area contributed by atoms with E-state index < -0.39 is 0 Å². The Labute approximate surface area is 149 Å². The van der Waals surface area contributed by atoms with E-state index >= 15 is 0 Å². The van der Waals surface area contributed by atoms with Gasteiger partial charge in [0.2, 0.25) is 0 Å². The van der Waals surface area contributed by atoms with Gasteiger partial charge in [0.05, 0.1) is 6.07 Å². The molecular weight excluding hydrogens is 314 g/mol. The van der Waals surface area contributed by atoms with Crippen LogP contribution in [0, 0.1) is 11.3 Å². The van der Waals surface area contributed by atoms with Crippen molar-refractivity contribution >= 4 is 17.3 Å². The van der Waals surface area contributed by atoms with Gasteiger partial charge in [-0.05, 0) is 43.4 Å². The molecule has 1 aromatic heterocycles. The molecule has 0 aliphatic carbocycles. The smallest absolute Gasteiger partial charge is 0.181 e. The first-order valence-corrected chi connectivity index (χ1v) is 8.56. The first-order chi connectivity index (χ1) is 12.0.